The van der Waals surface area contributed by atoms with E-state index in [-0.39, 0.29) is 6.10 Å². The van der Waals surface area contributed by atoms with Gasteiger partial charge in [0.1, 0.15) is 24.5 Å². The minimum absolute atomic E-state index is 0.00908. The van der Waals surface area contributed by atoms with Crippen molar-refractivity contribution in [2.75, 3.05) is 0 Å². The summed E-state index contributed by atoms with van der Waals surface area (Å²) in [7, 11) is 0. The quantitative estimate of drug-likeness (QED) is 0.478. The Labute approximate surface area is 142 Å². The van der Waals surface area contributed by atoms with Gasteiger partial charge in [0, 0.05) is 5.56 Å². The summed E-state index contributed by atoms with van der Waals surface area (Å²) in [5.74, 6) is 1.45. The summed E-state index contributed by atoms with van der Waals surface area (Å²) in [6.45, 7) is 3.87. The molecule has 0 radical (unpaired) electrons. The molecule has 24 heavy (non-hydrogen) atoms. The maximum absolute atomic E-state index is 6.15. The zero-order chi connectivity index (χ0) is 16.8. The zero-order valence-corrected chi connectivity index (χ0v) is 14.3. The van der Waals surface area contributed by atoms with Gasteiger partial charge in [0.05, 0.1) is 6.10 Å². The molecular weight excluding hydrogens is 304 g/mol. The lowest BCUT2D eigenvalue weighted by molar-refractivity contribution is 0.0851. The van der Waals surface area contributed by atoms with Crippen LogP contribution in [0.1, 0.15) is 51.5 Å². The molecule has 1 fully saturated rings. The van der Waals surface area contributed by atoms with E-state index in [0.717, 1.165) is 24.2 Å². The fourth-order valence-electron chi connectivity index (χ4n) is 2.78. The number of nitrogens with zero attached hydrogens (tertiary/aromatic N) is 4. The Morgan fingerprint density at radius 1 is 1.25 bits per heavy atom. The highest BCUT2D eigenvalue weighted by molar-refractivity contribution is 5.99. The molecule has 1 aliphatic carbocycles. The lowest BCUT2D eigenvalue weighted by Crippen LogP contribution is -2.20. The number of oxime groups is 1. The van der Waals surface area contributed by atoms with E-state index in [9.17, 15) is 0 Å². The second kappa shape index (κ2) is 7.95. The molecule has 0 bridgehead atoms. The van der Waals surface area contributed by atoms with Crippen LogP contribution >= 0.6 is 0 Å². The third-order valence-corrected chi connectivity index (χ3v) is 3.93. The molecule has 0 amide bonds. The highest BCUT2D eigenvalue weighted by atomic mass is 16.6. The van der Waals surface area contributed by atoms with Crippen molar-refractivity contribution in [2.45, 2.75) is 58.2 Å². The van der Waals surface area contributed by atoms with Crippen molar-refractivity contribution >= 4 is 5.84 Å². The number of benzene rings is 1. The van der Waals surface area contributed by atoms with Crippen LogP contribution < -0.4 is 4.74 Å². The van der Waals surface area contributed by atoms with Crippen molar-refractivity contribution < 1.29 is 9.57 Å². The number of rotatable bonds is 5. The summed E-state index contributed by atoms with van der Waals surface area (Å²) in [6.07, 6.45) is 9.46. The predicted octanol–water partition coefficient (Wildman–Crippen LogP) is 3.62. The van der Waals surface area contributed by atoms with Crippen LogP contribution in [0, 0.1) is 0 Å². The summed E-state index contributed by atoms with van der Waals surface area (Å²) in [4.78, 5) is 9.43. The number of ether oxygens (including phenoxy) is 1. The van der Waals surface area contributed by atoms with Crippen LogP contribution in [0.2, 0.25) is 0 Å². The van der Waals surface area contributed by atoms with Crippen LogP contribution in [0.5, 0.6) is 5.75 Å². The molecular formula is C18H24N4O2. The summed E-state index contributed by atoms with van der Waals surface area (Å²) in [5, 5.41) is 8.42. The van der Waals surface area contributed by atoms with Crippen molar-refractivity contribution in [2.24, 2.45) is 5.16 Å². The maximum Gasteiger partial charge on any atom is 0.201 e. The van der Waals surface area contributed by atoms with E-state index in [2.05, 4.69) is 15.2 Å². The Hall–Kier alpha value is -2.37. The van der Waals surface area contributed by atoms with Gasteiger partial charge in [-0.3, -0.25) is 0 Å². The molecule has 2 aromatic rings. The van der Waals surface area contributed by atoms with E-state index in [1.165, 1.54) is 25.6 Å². The van der Waals surface area contributed by atoms with Crippen molar-refractivity contribution in [1.82, 2.24) is 14.8 Å². The molecule has 3 rings (SSSR count). The maximum atomic E-state index is 6.15. The number of hydrogen-bond donors (Lipinski definition) is 0. The fraction of sp³-hybridized carbons (Fsp3) is 0.500. The predicted molar refractivity (Wildman–Crippen MR) is 92.1 cm³/mol. The third kappa shape index (κ3) is 4.34. The van der Waals surface area contributed by atoms with Gasteiger partial charge in [-0.2, -0.15) is 9.78 Å². The summed E-state index contributed by atoms with van der Waals surface area (Å²) in [5.41, 5.74) is 0.884. The van der Waals surface area contributed by atoms with Crippen LogP contribution in [-0.4, -0.2) is 32.8 Å². The van der Waals surface area contributed by atoms with Crippen LogP contribution in [-0.2, 0) is 4.84 Å². The second-order valence-corrected chi connectivity index (χ2v) is 6.31. The topological polar surface area (TPSA) is 61.5 Å². The lowest BCUT2D eigenvalue weighted by Gasteiger charge is -2.23. The second-order valence-electron chi connectivity index (χ2n) is 6.31. The first kappa shape index (κ1) is 16.5. The van der Waals surface area contributed by atoms with Gasteiger partial charge in [-0.25, -0.2) is 4.98 Å². The molecule has 0 unspecified atom stereocenters. The third-order valence-electron chi connectivity index (χ3n) is 3.93. The normalized spacial score (nSPS) is 16.4. The van der Waals surface area contributed by atoms with Crippen LogP contribution in [0.3, 0.4) is 0 Å². The smallest absolute Gasteiger partial charge is 0.201 e. The summed E-state index contributed by atoms with van der Waals surface area (Å²) in [6, 6.07) is 7.91. The van der Waals surface area contributed by atoms with Gasteiger partial charge in [0.2, 0.25) is 5.84 Å². The first-order valence-corrected chi connectivity index (χ1v) is 8.58. The monoisotopic (exact) mass is 328 g/mol. The lowest BCUT2D eigenvalue weighted by atomic mass is 9.98. The van der Waals surface area contributed by atoms with Crippen LogP contribution in [0.25, 0.3) is 0 Å². The van der Waals surface area contributed by atoms with Gasteiger partial charge in [-0.1, -0.05) is 23.7 Å². The molecule has 1 heterocycles. The molecule has 0 atom stereocenters. The zero-order valence-electron chi connectivity index (χ0n) is 14.3. The molecule has 6 nitrogen and oxygen atoms in total. The van der Waals surface area contributed by atoms with Gasteiger partial charge >= 0.3 is 0 Å². The van der Waals surface area contributed by atoms with E-state index in [1.54, 1.807) is 11.0 Å². The summed E-state index contributed by atoms with van der Waals surface area (Å²) < 4.78 is 7.75. The molecule has 0 N–H and O–H groups in total. The molecule has 6 heteroatoms. The highest BCUT2D eigenvalue weighted by Crippen LogP contribution is 2.24. The first-order chi connectivity index (χ1) is 11.7. The van der Waals surface area contributed by atoms with E-state index >= 15 is 0 Å². The van der Waals surface area contributed by atoms with E-state index in [0.29, 0.717) is 11.9 Å². The molecule has 0 saturated heterocycles. The molecule has 1 aromatic heterocycles. The fourth-order valence-corrected chi connectivity index (χ4v) is 2.78. The van der Waals surface area contributed by atoms with Gasteiger partial charge in [-0.05, 0) is 51.7 Å². The van der Waals surface area contributed by atoms with Crippen LogP contribution in [0.4, 0.5) is 0 Å². The van der Waals surface area contributed by atoms with Crippen LogP contribution in [0.15, 0.2) is 42.1 Å². The molecule has 1 aliphatic rings. The highest BCUT2D eigenvalue weighted by Gasteiger charge is 2.16. The molecule has 0 aliphatic heterocycles. The molecule has 0 spiro atoms. The molecule has 1 saturated carbocycles. The Bertz CT molecular complexity index is 661. The summed E-state index contributed by atoms with van der Waals surface area (Å²) >= 11 is 0. The van der Waals surface area contributed by atoms with Gasteiger partial charge < -0.3 is 9.57 Å². The SMILES string of the molecule is CC(C)O/N=C(\c1cccc(OC2CCCCC2)c1)n1cncn1. The molecule has 1 aromatic carbocycles. The minimum atomic E-state index is -0.00908. The minimum Gasteiger partial charge on any atom is -0.490 e. The van der Waals surface area contributed by atoms with Crippen molar-refractivity contribution in [3.63, 3.8) is 0 Å². The average Bonchev–Trinajstić information content (AvgIpc) is 3.10. The van der Waals surface area contributed by atoms with Crippen molar-refractivity contribution in [1.29, 1.82) is 0 Å². The first-order valence-electron chi connectivity index (χ1n) is 8.58. The molecule has 128 valence electrons. The Kier molecular flexibility index (Phi) is 5.46. The number of hydrogen-bond acceptors (Lipinski definition) is 5. The Morgan fingerprint density at radius 3 is 2.79 bits per heavy atom. The Balaban J connectivity index is 1.82. The average molecular weight is 328 g/mol. The van der Waals surface area contributed by atoms with E-state index < -0.39 is 0 Å². The van der Waals surface area contributed by atoms with Gasteiger partial charge in [0.15, 0.2) is 0 Å². The van der Waals surface area contributed by atoms with E-state index in [4.69, 9.17) is 9.57 Å². The van der Waals surface area contributed by atoms with Gasteiger partial charge in [0.25, 0.3) is 0 Å². The Morgan fingerprint density at radius 2 is 2.08 bits per heavy atom. The van der Waals surface area contributed by atoms with Gasteiger partial charge in [-0.15, -0.1) is 0 Å². The largest absolute Gasteiger partial charge is 0.490 e. The van der Waals surface area contributed by atoms with Crippen molar-refractivity contribution in [3.8, 4) is 5.75 Å². The van der Waals surface area contributed by atoms with Crippen molar-refractivity contribution in [3.05, 3.63) is 42.5 Å². The number of aromatic nitrogens is 3. The standard InChI is InChI=1S/C18H24N4O2/c1-14(2)24-21-18(22-13-19-12-20-22)15-7-6-10-17(11-15)23-16-8-4-3-5-9-16/h6-7,10-14,16H,3-5,8-9H2,1-2H3/b21-18+. The van der Waals surface area contributed by atoms with E-state index in [1.807, 2.05) is 38.1 Å².